The van der Waals surface area contributed by atoms with Gasteiger partial charge in [-0.25, -0.2) is 14.6 Å². The quantitative estimate of drug-likeness (QED) is 0.799. The summed E-state index contributed by atoms with van der Waals surface area (Å²) in [5.74, 6) is 0. The summed E-state index contributed by atoms with van der Waals surface area (Å²) in [6.07, 6.45) is -0.491. The molecule has 9 heteroatoms. The van der Waals surface area contributed by atoms with Crippen molar-refractivity contribution in [1.29, 1.82) is 0 Å². The van der Waals surface area contributed by atoms with Gasteiger partial charge in [0.2, 0.25) is 0 Å². The molecule has 0 saturated carbocycles. The van der Waals surface area contributed by atoms with E-state index in [-0.39, 0.29) is 5.13 Å². The number of halogens is 3. The molecule has 1 N–H and O–H groups in total. The van der Waals surface area contributed by atoms with Gasteiger partial charge in [-0.1, -0.05) is 23.5 Å². The Labute approximate surface area is 127 Å². The Bertz CT molecular complexity index is 734. The predicted molar refractivity (Wildman–Crippen MR) is 75.8 cm³/mol. The minimum absolute atomic E-state index is 0.243. The minimum Gasteiger partial charge on any atom is -0.357 e. The molecule has 3 aromatic rings. The van der Waals surface area contributed by atoms with Crippen molar-refractivity contribution in [2.24, 2.45) is 0 Å². The van der Waals surface area contributed by atoms with Crippen molar-refractivity contribution < 1.29 is 13.2 Å². The van der Waals surface area contributed by atoms with Crippen LogP contribution in [0.5, 0.6) is 0 Å². The third-order valence-electron chi connectivity index (χ3n) is 2.85. The number of benzene rings is 1. The summed E-state index contributed by atoms with van der Waals surface area (Å²) >= 11 is 0.591. The summed E-state index contributed by atoms with van der Waals surface area (Å²) in [5, 5.41) is 7.13. The van der Waals surface area contributed by atoms with Crippen LogP contribution in [0.4, 0.5) is 18.3 Å². The molecular weight excluding hydrogens is 315 g/mol. The van der Waals surface area contributed by atoms with E-state index in [4.69, 9.17) is 0 Å². The number of anilines is 1. The van der Waals surface area contributed by atoms with E-state index in [0.29, 0.717) is 17.9 Å². The van der Waals surface area contributed by atoms with Gasteiger partial charge in [0.1, 0.15) is 17.5 Å². The lowest BCUT2D eigenvalue weighted by atomic mass is 10.2. The second-order valence-electron chi connectivity index (χ2n) is 4.39. The van der Waals surface area contributed by atoms with Gasteiger partial charge in [-0.3, -0.25) is 0 Å². The summed E-state index contributed by atoms with van der Waals surface area (Å²) in [6.45, 7) is 0.391. The fourth-order valence-electron chi connectivity index (χ4n) is 1.77. The molecule has 0 aliphatic heterocycles. The van der Waals surface area contributed by atoms with Crippen LogP contribution in [-0.4, -0.2) is 19.7 Å². The average molecular weight is 325 g/mol. The first-order chi connectivity index (χ1) is 10.5. The highest BCUT2D eigenvalue weighted by molar-refractivity contribution is 7.15. The highest BCUT2D eigenvalue weighted by Gasteiger charge is 2.33. The molecule has 0 fully saturated rings. The van der Waals surface area contributed by atoms with Crippen LogP contribution in [0.3, 0.4) is 0 Å². The highest BCUT2D eigenvalue weighted by Crippen LogP contribution is 2.35. The molecule has 0 radical (unpaired) electrons. The van der Waals surface area contributed by atoms with Crippen LogP contribution in [0.15, 0.2) is 43.1 Å². The number of rotatable bonds is 4. The second-order valence-corrected chi connectivity index (χ2v) is 5.42. The lowest BCUT2D eigenvalue weighted by molar-refractivity contribution is -0.134. The Hall–Kier alpha value is -2.42. The van der Waals surface area contributed by atoms with Gasteiger partial charge >= 0.3 is 6.18 Å². The first-order valence-electron chi connectivity index (χ1n) is 6.23. The Morgan fingerprint density at radius 3 is 2.55 bits per heavy atom. The number of alkyl halides is 3. The maximum Gasteiger partial charge on any atom is 0.427 e. The van der Waals surface area contributed by atoms with Gasteiger partial charge in [0, 0.05) is 6.54 Å². The maximum absolute atomic E-state index is 12.5. The molecule has 0 atom stereocenters. The van der Waals surface area contributed by atoms with E-state index in [1.54, 1.807) is 11.0 Å². The fourth-order valence-corrected chi connectivity index (χ4v) is 2.45. The van der Waals surface area contributed by atoms with Gasteiger partial charge in [-0.2, -0.15) is 18.3 Å². The summed E-state index contributed by atoms with van der Waals surface area (Å²) < 4.78 is 39.0. The minimum atomic E-state index is -4.35. The molecule has 0 unspecified atom stereocenters. The van der Waals surface area contributed by atoms with Crippen LogP contribution in [0.2, 0.25) is 0 Å². The first kappa shape index (κ1) is 14.5. The molecule has 5 nitrogen and oxygen atoms in total. The molecule has 1 aromatic carbocycles. The van der Waals surface area contributed by atoms with Crippen LogP contribution in [-0.2, 0) is 12.7 Å². The van der Waals surface area contributed by atoms with Crippen molar-refractivity contribution in [2.45, 2.75) is 12.7 Å². The van der Waals surface area contributed by atoms with Crippen LogP contribution >= 0.6 is 11.3 Å². The summed E-state index contributed by atoms with van der Waals surface area (Å²) in [5.41, 5.74) is 1.78. The zero-order valence-electron chi connectivity index (χ0n) is 11.1. The van der Waals surface area contributed by atoms with E-state index in [9.17, 15) is 13.2 Å². The van der Waals surface area contributed by atoms with Gasteiger partial charge in [-0.15, -0.1) is 0 Å². The Morgan fingerprint density at radius 2 is 1.95 bits per heavy atom. The van der Waals surface area contributed by atoms with Crippen LogP contribution in [0.25, 0.3) is 5.69 Å². The topological polar surface area (TPSA) is 55.6 Å². The van der Waals surface area contributed by atoms with Crippen molar-refractivity contribution in [3.05, 3.63) is 53.6 Å². The van der Waals surface area contributed by atoms with Crippen molar-refractivity contribution in [2.75, 3.05) is 5.32 Å². The molecule has 0 aliphatic rings. The maximum atomic E-state index is 12.5. The average Bonchev–Trinajstić information content (AvgIpc) is 3.16. The standard InChI is InChI=1S/C13H10F3N5S/c14-13(15,16)11-6-19-12(22-11)18-5-9-1-3-10(4-2-9)21-8-17-7-20-21/h1-4,6-8H,5H2,(H,18,19). The third-order valence-corrected chi connectivity index (χ3v) is 3.85. The largest absolute Gasteiger partial charge is 0.427 e. The van der Waals surface area contributed by atoms with Gasteiger partial charge in [0.15, 0.2) is 5.13 Å². The highest BCUT2D eigenvalue weighted by atomic mass is 32.1. The Balaban J connectivity index is 1.63. The molecule has 0 saturated heterocycles. The van der Waals surface area contributed by atoms with E-state index in [1.165, 1.54) is 6.33 Å². The first-order valence-corrected chi connectivity index (χ1v) is 7.05. The fraction of sp³-hybridized carbons (Fsp3) is 0.154. The van der Waals surface area contributed by atoms with Crippen molar-refractivity contribution in [1.82, 2.24) is 19.7 Å². The van der Waals surface area contributed by atoms with E-state index in [0.717, 1.165) is 17.4 Å². The van der Waals surface area contributed by atoms with Gasteiger partial charge < -0.3 is 5.32 Å². The number of hydrogen-bond acceptors (Lipinski definition) is 5. The Morgan fingerprint density at radius 1 is 1.18 bits per heavy atom. The van der Waals surface area contributed by atoms with Crippen LogP contribution in [0.1, 0.15) is 10.4 Å². The molecule has 0 aliphatic carbocycles. The number of nitrogens with zero attached hydrogens (tertiary/aromatic N) is 4. The van der Waals surface area contributed by atoms with Crippen LogP contribution < -0.4 is 5.32 Å². The zero-order valence-corrected chi connectivity index (χ0v) is 11.9. The number of aromatic nitrogens is 4. The van der Waals surface area contributed by atoms with Gasteiger partial charge in [-0.05, 0) is 17.7 Å². The van der Waals surface area contributed by atoms with Crippen molar-refractivity contribution in [3.8, 4) is 5.69 Å². The molecule has 0 spiro atoms. The summed E-state index contributed by atoms with van der Waals surface area (Å²) in [6, 6.07) is 7.44. The Kier molecular flexibility index (Phi) is 3.80. The number of thiazole rings is 1. The van der Waals surface area contributed by atoms with Crippen molar-refractivity contribution in [3.63, 3.8) is 0 Å². The molecule has 2 aromatic heterocycles. The van der Waals surface area contributed by atoms with Gasteiger partial charge in [0.25, 0.3) is 0 Å². The van der Waals surface area contributed by atoms with E-state index < -0.39 is 11.1 Å². The lowest BCUT2D eigenvalue weighted by Crippen LogP contribution is -2.01. The monoisotopic (exact) mass is 325 g/mol. The lowest BCUT2D eigenvalue weighted by Gasteiger charge is -2.05. The molecule has 22 heavy (non-hydrogen) atoms. The summed E-state index contributed by atoms with van der Waals surface area (Å²) in [7, 11) is 0. The summed E-state index contributed by atoms with van der Waals surface area (Å²) in [4.78, 5) is 6.87. The van der Waals surface area contributed by atoms with Crippen LogP contribution in [0, 0.1) is 0 Å². The molecule has 0 bridgehead atoms. The molecular formula is C13H10F3N5S. The third kappa shape index (κ3) is 3.25. The predicted octanol–water partition coefficient (Wildman–Crippen LogP) is 3.35. The SMILES string of the molecule is FC(F)(F)c1cnc(NCc2ccc(-n3cncn3)cc2)s1. The normalized spacial score (nSPS) is 11.6. The molecule has 0 amide bonds. The van der Waals surface area contributed by atoms with Crippen molar-refractivity contribution >= 4 is 16.5 Å². The number of hydrogen-bond donors (Lipinski definition) is 1. The van der Waals surface area contributed by atoms with Gasteiger partial charge in [0.05, 0.1) is 11.9 Å². The molecule has 3 rings (SSSR count). The van der Waals surface area contributed by atoms with E-state index >= 15 is 0 Å². The number of nitrogens with one attached hydrogen (secondary N) is 1. The molecule has 2 heterocycles. The second kappa shape index (κ2) is 5.76. The smallest absolute Gasteiger partial charge is 0.357 e. The van der Waals surface area contributed by atoms with E-state index in [2.05, 4.69) is 20.4 Å². The van der Waals surface area contributed by atoms with E-state index in [1.807, 2.05) is 24.3 Å². The zero-order chi connectivity index (χ0) is 15.6. The molecule has 114 valence electrons.